The van der Waals surface area contributed by atoms with E-state index in [0.29, 0.717) is 6.04 Å². The molecule has 1 aromatic rings. The number of rotatable bonds is 2. The predicted molar refractivity (Wildman–Crippen MR) is 85.1 cm³/mol. The Balaban J connectivity index is 1.72. The van der Waals surface area contributed by atoms with Crippen LogP contribution in [0.3, 0.4) is 0 Å². The smallest absolute Gasteiger partial charge is 0.0320 e. The highest BCUT2D eigenvalue weighted by atomic mass is 15.1. The van der Waals surface area contributed by atoms with E-state index in [-0.39, 0.29) is 0 Å². The van der Waals surface area contributed by atoms with Gasteiger partial charge in [-0.2, -0.15) is 0 Å². The summed E-state index contributed by atoms with van der Waals surface area (Å²) >= 11 is 0. The van der Waals surface area contributed by atoms with Gasteiger partial charge in [-0.15, -0.1) is 0 Å². The molecule has 0 saturated carbocycles. The summed E-state index contributed by atoms with van der Waals surface area (Å²) < 4.78 is 0. The van der Waals surface area contributed by atoms with Gasteiger partial charge in [0.25, 0.3) is 0 Å². The zero-order valence-electron chi connectivity index (χ0n) is 12.8. The molecular formula is C18H28N2. The summed E-state index contributed by atoms with van der Waals surface area (Å²) in [6, 6.07) is 10.0. The lowest BCUT2D eigenvalue weighted by Gasteiger charge is -2.25. The molecular weight excluding hydrogens is 244 g/mol. The van der Waals surface area contributed by atoms with Gasteiger partial charge in [-0.1, -0.05) is 30.7 Å². The van der Waals surface area contributed by atoms with Gasteiger partial charge in [0.1, 0.15) is 0 Å². The maximum Gasteiger partial charge on any atom is 0.0320 e. The average Bonchev–Trinajstić information content (AvgIpc) is 2.73. The lowest BCUT2D eigenvalue weighted by molar-refractivity contribution is 0.347. The van der Waals surface area contributed by atoms with Gasteiger partial charge in [-0.3, -0.25) is 0 Å². The van der Waals surface area contributed by atoms with E-state index in [4.69, 9.17) is 0 Å². The molecule has 2 nitrogen and oxygen atoms in total. The van der Waals surface area contributed by atoms with Gasteiger partial charge < -0.3 is 10.2 Å². The fourth-order valence-electron chi connectivity index (χ4n) is 3.74. The molecule has 110 valence electrons. The number of hydrogen-bond donors (Lipinski definition) is 1. The quantitative estimate of drug-likeness (QED) is 0.883. The van der Waals surface area contributed by atoms with E-state index < -0.39 is 0 Å². The molecule has 2 heteroatoms. The van der Waals surface area contributed by atoms with E-state index >= 15 is 0 Å². The number of likely N-dealkylation sites (tertiary alicyclic amines) is 1. The molecule has 0 amide bonds. The van der Waals surface area contributed by atoms with Crippen molar-refractivity contribution >= 4 is 0 Å². The Hall–Kier alpha value is -0.860. The summed E-state index contributed by atoms with van der Waals surface area (Å²) in [7, 11) is 2.25. The van der Waals surface area contributed by atoms with Crippen LogP contribution in [-0.4, -0.2) is 31.6 Å². The first-order chi connectivity index (χ1) is 9.83. The lowest BCUT2D eigenvalue weighted by Crippen LogP contribution is -2.26. The molecule has 2 saturated heterocycles. The van der Waals surface area contributed by atoms with E-state index in [0.717, 1.165) is 5.92 Å². The van der Waals surface area contributed by atoms with Crippen molar-refractivity contribution in [3.63, 3.8) is 0 Å². The Morgan fingerprint density at radius 2 is 1.90 bits per heavy atom. The van der Waals surface area contributed by atoms with Crippen molar-refractivity contribution in [2.75, 3.05) is 26.7 Å². The van der Waals surface area contributed by atoms with Crippen LogP contribution in [0.1, 0.15) is 61.6 Å². The minimum atomic E-state index is 0.595. The van der Waals surface area contributed by atoms with Crippen LogP contribution in [0.25, 0.3) is 0 Å². The Morgan fingerprint density at radius 3 is 2.75 bits per heavy atom. The van der Waals surface area contributed by atoms with Gasteiger partial charge in [0.05, 0.1) is 0 Å². The van der Waals surface area contributed by atoms with Crippen molar-refractivity contribution in [1.82, 2.24) is 10.2 Å². The maximum atomic E-state index is 3.68. The second-order valence-corrected chi connectivity index (χ2v) is 6.60. The zero-order chi connectivity index (χ0) is 13.8. The molecule has 2 fully saturated rings. The third-order valence-corrected chi connectivity index (χ3v) is 5.05. The summed E-state index contributed by atoms with van der Waals surface area (Å²) in [5, 5.41) is 3.68. The van der Waals surface area contributed by atoms with Gasteiger partial charge in [0.15, 0.2) is 0 Å². The van der Waals surface area contributed by atoms with Crippen LogP contribution in [0.5, 0.6) is 0 Å². The first-order valence-corrected chi connectivity index (χ1v) is 8.35. The van der Waals surface area contributed by atoms with Crippen molar-refractivity contribution in [1.29, 1.82) is 0 Å². The molecule has 20 heavy (non-hydrogen) atoms. The molecule has 2 unspecified atom stereocenters. The number of piperidine rings is 1. The van der Waals surface area contributed by atoms with Crippen molar-refractivity contribution in [3.8, 4) is 0 Å². The van der Waals surface area contributed by atoms with Crippen molar-refractivity contribution in [2.45, 2.75) is 50.5 Å². The molecule has 0 radical (unpaired) electrons. The molecule has 0 bridgehead atoms. The highest BCUT2D eigenvalue weighted by molar-refractivity contribution is 5.29. The summed E-state index contributed by atoms with van der Waals surface area (Å²) in [4.78, 5) is 2.48. The van der Waals surface area contributed by atoms with Gasteiger partial charge in [-0.25, -0.2) is 0 Å². The predicted octanol–water partition coefficient (Wildman–Crippen LogP) is 3.70. The molecule has 2 aliphatic rings. The summed E-state index contributed by atoms with van der Waals surface area (Å²) in [6.07, 6.45) is 8.02. The Labute approximate surface area is 123 Å². The highest BCUT2D eigenvalue weighted by Crippen LogP contribution is 2.31. The van der Waals surface area contributed by atoms with E-state index in [2.05, 4.69) is 41.5 Å². The number of hydrogen-bond acceptors (Lipinski definition) is 2. The molecule has 0 aromatic heterocycles. The first kappa shape index (κ1) is 14.1. The third-order valence-electron chi connectivity index (χ3n) is 5.05. The van der Waals surface area contributed by atoms with Crippen molar-refractivity contribution in [2.24, 2.45) is 0 Å². The second-order valence-electron chi connectivity index (χ2n) is 6.60. The lowest BCUT2D eigenvalue weighted by atomic mass is 9.88. The molecule has 0 aliphatic carbocycles. The van der Waals surface area contributed by atoms with Crippen LogP contribution in [0.4, 0.5) is 0 Å². The van der Waals surface area contributed by atoms with Crippen molar-refractivity contribution in [3.05, 3.63) is 35.4 Å². The van der Waals surface area contributed by atoms with E-state index in [9.17, 15) is 0 Å². The maximum absolute atomic E-state index is 3.68. The molecule has 1 aromatic carbocycles. The van der Waals surface area contributed by atoms with Crippen LogP contribution >= 0.6 is 0 Å². The van der Waals surface area contributed by atoms with Crippen molar-refractivity contribution < 1.29 is 0 Å². The monoisotopic (exact) mass is 272 g/mol. The minimum absolute atomic E-state index is 0.595. The second kappa shape index (κ2) is 6.73. The van der Waals surface area contributed by atoms with Gasteiger partial charge in [0.2, 0.25) is 0 Å². The number of benzene rings is 1. The van der Waals surface area contributed by atoms with E-state index in [1.54, 1.807) is 5.56 Å². The molecule has 2 heterocycles. The number of nitrogens with zero attached hydrogens (tertiary/aromatic N) is 1. The van der Waals surface area contributed by atoms with E-state index in [1.165, 1.54) is 63.7 Å². The number of nitrogens with one attached hydrogen (secondary N) is 1. The van der Waals surface area contributed by atoms with E-state index in [1.807, 2.05) is 0 Å². The fourth-order valence-corrected chi connectivity index (χ4v) is 3.74. The topological polar surface area (TPSA) is 15.3 Å². The van der Waals surface area contributed by atoms with Crippen LogP contribution in [0.15, 0.2) is 24.3 Å². The largest absolute Gasteiger partial charge is 0.310 e. The molecule has 1 N–H and O–H groups in total. The third kappa shape index (κ3) is 3.42. The van der Waals surface area contributed by atoms with Crippen LogP contribution < -0.4 is 5.32 Å². The van der Waals surface area contributed by atoms with Crippen LogP contribution in [-0.2, 0) is 0 Å². The van der Waals surface area contributed by atoms with Crippen LogP contribution in [0.2, 0.25) is 0 Å². The standard InChI is InChI=1S/C18H28N2/c1-20-12-5-8-15(10-13-20)16-6-4-7-17(14-16)18-9-2-3-11-19-18/h4,6-7,14-15,18-19H,2-3,5,8-13H2,1H3. The minimum Gasteiger partial charge on any atom is -0.310 e. The Morgan fingerprint density at radius 1 is 1.00 bits per heavy atom. The fraction of sp³-hybridized carbons (Fsp3) is 0.667. The normalized spacial score (nSPS) is 29.1. The molecule has 3 rings (SSSR count). The van der Waals surface area contributed by atoms with Gasteiger partial charge >= 0.3 is 0 Å². The summed E-state index contributed by atoms with van der Waals surface area (Å²) in [6.45, 7) is 3.69. The average molecular weight is 272 g/mol. The molecule has 0 spiro atoms. The van der Waals surface area contributed by atoms with Crippen LogP contribution in [0, 0.1) is 0 Å². The summed E-state index contributed by atoms with van der Waals surface area (Å²) in [5.41, 5.74) is 3.09. The van der Waals surface area contributed by atoms with Gasteiger partial charge in [-0.05, 0) is 75.8 Å². The highest BCUT2D eigenvalue weighted by Gasteiger charge is 2.19. The SMILES string of the molecule is CN1CCCC(c2cccc(C3CCCCN3)c2)CC1. The molecule has 2 aliphatic heterocycles. The first-order valence-electron chi connectivity index (χ1n) is 8.35. The van der Waals surface area contributed by atoms with Gasteiger partial charge in [0, 0.05) is 6.04 Å². The molecule has 2 atom stereocenters. The zero-order valence-corrected chi connectivity index (χ0v) is 12.8. The Kier molecular flexibility index (Phi) is 4.74. The summed E-state index contributed by atoms with van der Waals surface area (Å²) in [5.74, 6) is 0.767. The Bertz CT molecular complexity index is 423.